The molecule has 130 valence electrons. The monoisotopic (exact) mass is 337 g/mol. The van der Waals surface area contributed by atoms with Crippen molar-refractivity contribution in [1.29, 1.82) is 0 Å². The van der Waals surface area contributed by atoms with Crippen LogP contribution in [0.3, 0.4) is 0 Å². The summed E-state index contributed by atoms with van der Waals surface area (Å²) in [4.78, 5) is 0. The highest BCUT2D eigenvalue weighted by Crippen LogP contribution is 2.34. The lowest BCUT2D eigenvalue weighted by atomic mass is 10.1. The molecule has 0 bridgehead atoms. The van der Waals surface area contributed by atoms with Crippen LogP contribution in [0.2, 0.25) is 0 Å². The van der Waals surface area contributed by atoms with E-state index in [0.717, 1.165) is 22.6 Å². The molecule has 0 aliphatic rings. The van der Waals surface area contributed by atoms with Gasteiger partial charge in [0.2, 0.25) is 0 Å². The van der Waals surface area contributed by atoms with Crippen LogP contribution in [0.1, 0.15) is 11.1 Å². The molecule has 0 saturated heterocycles. The maximum atomic E-state index is 5.66. The number of hydrogen-bond donors (Lipinski definition) is 1. The van der Waals surface area contributed by atoms with Crippen LogP contribution >= 0.6 is 0 Å². The molecule has 0 heterocycles. The van der Waals surface area contributed by atoms with Crippen LogP contribution in [0.5, 0.6) is 17.2 Å². The highest BCUT2D eigenvalue weighted by atomic mass is 16.5. The van der Waals surface area contributed by atoms with Gasteiger partial charge in [-0.25, -0.2) is 0 Å². The lowest BCUT2D eigenvalue weighted by molar-refractivity contribution is 0.328. The summed E-state index contributed by atoms with van der Waals surface area (Å²) < 4.78 is 16.3. The number of methoxy groups -OCH3 is 2. The number of terminal acetylenes is 1. The van der Waals surface area contributed by atoms with Crippen LogP contribution in [0.4, 0.5) is 5.69 Å². The van der Waals surface area contributed by atoms with Crippen molar-refractivity contribution in [3.05, 3.63) is 60.2 Å². The first-order valence-corrected chi connectivity index (χ1v) is 7.96. The number of anilines is 1. The zero-order valence-corrected chi connectivity index (χ0v) is 14.7. The molecule has 4 heteroatoms. The quantitative estimate of drug-likeness (QED) is 0.553. The molecule has 4 nitrogen and oxygen atoms in total. The number of allylic oxidation sites excluding steroid dienone is 1. The molecule has 0 unspecified atom stereocenters. The van der Waals surface area contributed by atoms with Gasteiger partial charge in [0.25, 0.3) is 0 Å². The SMILES string of the molecule is C#CCOc1c(CC=C)cc(CNc2ccc(OC)cc2)cc1OC. The minimum atomic E-state index is 0.198. The first-order valence-electron chi connectivity index (χ1n) is 7.96. The Morgan fingerprint density at radius 1 is 1.16 bits per heavy atom. The highest BCUT2D eigenvalue weighted by molar-refractivity contribution is 5.52. The number of benzene rings is 2. The van der Waals surface area contributed by atoms with Gasteiger partial charge in [-0.05, 0) is 48.4 Å². The van der Waals surface area contributed by atoms with Crippen molar-refractivity contribution in [2.45, 2.75) is 13.0 Å². The van der Waals surface area contributed by atoms with Crippen LogP contribution in [0.15, 0.2) is 49.1 Å². The number of hydrogen-bond acceptors (Lipinski definition) is 4. The molecular formula is C21H23NO3. The number of nitrogens with one attached hydrogen (secondary N) is 1. The van der Waals surface area contributed by atoms with Crippen molar-refractivity contribution in [2.75, 3.05) is 26.1 Å². The van der Waals surface area contributed by atoms with Gasteiger partial charge in [0, 0.05) is 17.8 Å². The molecule has 0 aliphatic heterocycles. The standard InChI is InChI=1S/C21H23NO3/c1-5-7-17-13-16(14-20(24-4)21(17)25-12-6-2)15-22-18-8-10-19(23-3)11-9-18/h2,5,8-11,13-14,22H,1,7,12,15H2,3-4H3. The number of ether oxygens (including phenoxy) is 3. The molecular weight excluding hydrogens is 314 g/mol. The fourth-order valence-electron chi connectivity index (χ4n) is 2.47. The first kappa shape index (κ1) is 18.3. The molecule has 0 aliphatic carbocycles. The van der Waals surface area contributed by atoms with Crippen LogP contribution in [0, 0.1) is 12.3 Å². The maximum Gasteiger partial charge on any atom is 0.166 e. The Morgan fingerprint density at radius 2 is 1.92 bits per heavy atom. The molecule has 0 amide bonds. The Labute approximate surface area is 149 Å². The van der Waals surface area contributed by atoms with Crippen LogP contribution in [-0.4, -0.2) is 20.8 Å². The van der Waals surface area contributed by atoms with Gasteiger partial charge in [0.05, 0.1) is 14.2 Å². The summed E-state index contributed by atoms with van der Waals surface area (Å²) in [5, 5.41) is 3.39. The normalized spacial score (nSPS) is 9.80. The Bertz CT molecular complexity index is 745. The van der Waals surface area contributed by atoms with E-state index >= 15 is 0 Å². The van der Waals surface area contributed by atoms with E-state index in [1.807, 2.05) is 36.4 Å². The Kier molecular flexibility index (Phi) is 6.79. The Balaban J connectivity index is 2.20. The van der Waals surface area contributed by atoms with E-state index in [2.05, 4.69) is 23.9 Å². The van der Waals surface area contributed by atoms with E-state index in [4.69, 9.17) is 20.6 Å². The Hall–Kier alpha value is -3.06. The van der Waals surface area contributed by atoms with E-state index in [1.54, 1.807) is 14.2 Å². The molecule has 25 heavy (non-hydrogen) atoms. The lowest BCUT2D eigenvalue weighted by Gasteiger charge is -2.16. The molecule has 0 atom stereocenters. The van der Waals surface area contributed by atoms with Gasteiger partial charge in [-0.3, -0.25) is 0 Å². The van der Waals surface area contributed by atoms with E-state index < -0.39 is 0 Å². The van der Waals surface area contributed by atoms with Crippen molar-refractivity contribution >= 4 is 5.69 Å². The zero-order chi connectivity index (χ0) is 18.1. The summed E-state index contributed by atoms with van der Waals surface area (Å²) in [6.45, 7) is 4.66. The highest BCUT2D eigenvalue weighted by Gasteiger charge is 2.12. The fourth-order valence-corrected chi connectivity index (χ4v) is 2.47. The van der Waals surface area contributed by atoms with Gasteiger partial charge in [-0.2, -0.15) is 0 Å². The van der Waals surface area contributed by atoms with Gasteiger partial charge in [0.15, 0.2) is 11.5 Å². The molecule has 0 spiro atoms. The average molecular weight is 337 g/mol. The largest absolute Gasteiger partial charge is 0.497 e. The van der Waals surface area contributed by atoms with Crippen molar-refractivity contribution < 1.29 is 14.2 Å². The molecule has 1 N–H and O–H groups in total. The molecule has 0 saturated carbocycles. The Morgan fingerprint density at radius 3 is 2.52 bits per heavy atom. The van der Waals surface area contributed by atoms with Crippen molar-refractivity contribution in [3.63, 3.8) is 0 Å². The second-order valence-corrected chi connectivity index (χ2v) is 5.35. The van der Waals surface area contributed by atoms with Gasteiger partial charge in [-0.15, -0.1) is 13.0 Å². The summed E-state index contributed by atoms with van der Waals surface area (Å²) in [5.41, 5.74) is 3.09. The third kappa shape index (κ3) is 4.95. The van der Waals surface area contributed by atoms with E-state index in [1.165, 1.54) is 0 Å². The van der Waals surface area contributed by atoms with E-state index in [9.17, 15) is 0 Å². The minimum Gasteiger partial charge on any atom is -0.497 e. The summed E-state index contributed by atoms with van der Waals surface area (Å²) in [5.74, 6) is 4.65. The number of rotatable bonds is 9. The van der Waals surface area contributed by atoms with Gasteiger partial charge in [0.1, 0.15) is 12.4 Å². The topological polar surface area (TPSA) is 39.7 Å². The van der Waals surface area contributed by atoms with Crippen molar-refractivity contribution in [1.82, 2.24) is 0 Å². The average Bonchev–Trinajstić information content (AvgIpc) is 2.65. The summed E-state index contributed by atoms with van der Waals surface area (Å²) in [7, 11) is 3.27. The van der Waals surface area contributed by atoms with Crippen molar-refractivity contribution in [3.8, 4) is 29.6 Å². The smallest absolute Gasteiger partial charge is 0.166 e. The molecule has 2 aromatic carbocycles. The van der Waals surface area contributed by atoms with E-state index in [-0.39, 0.29) is 6.61 Å². The molecule has 0 fully saturated rings. The molecule has 0 radical (unpaired) electrons. The zero-order valence-electron chi connectivity index (χ0n) is 14.7. The lowest BCUT2D eigenvalue weighted by Crippen LogP contribution is -2.05. The molecule has 2 aromatic rings. The van der Waals surface area contributed by atoms with Crippen LogP contribution < -0.4 is 19.5 Å². The second kappa shape index (κ2) is 9.29. The summed E-state index contributed by atoms with van der Waals surface area (Å²) in [6, 6.07) is 11.8. The maximum absolute atomic E-state index is 5.66. The van der Waals surface area contributed by atoms with Crippen LogP contribution in [-0.2, 0) is 13.0 Å². The summed E-state index contributed by atoms with van der Waals surface area (Å²) >= 11 is 0. The molecule has 2 rings (SSSR count). The van der Waals surface area contributed by atoms with Gasteiger partial charge < -0.3 is 19.5 Å². The van der Waals surface area contributed by atoms with E-state index in [0.29, 0.717) is 24.5 Å². The molecule has 0 aromatic heterocycles. The van der Waals surface area contributed by atoms with Gasteiger partial charge in [-0.1, -0.05) is 12.0 Å². The third-order valence-electron chi connectivity index (χ3n) is 3.66. The second-order valence-electron chi connectivity index (χ2n) is 5.35. The predicted octanol–water partition coefficient (Wildman–Crippen LogP) is 4.06. The van der Waals surface area contributed by atoms with Gasteiger partial charge >= 0.3 is 0 Å². The van der Waals surface area contributed by atoms with Crippen LogP contribution in [0.25, 0.3) is 0 Å². The summed E-state index contributed by atoms with van der Waals surface area (Å²) in [6.07, 6.45) is 7.80. The first-order chi connectivity index (χ1) is 12.2. The van der Waals surface area contributed by atoms with Crippen molar-refractivity contribution in [2.24, 2.45) is 0 Å². The fraction of sp³-hybridized carbons (Fsp3) is 0.238. The predicted molar refractivity (Wildman–Crippen MR) is 102 cm³/mol. The third-order valence-corrected chi connectivity index (χ3v) is 3.66. The minimum absolute atomic E-state index is 0.198.